The average Bonchev–Trinajstić information content (AvgIpc) is 2.96. The van der Waals surface area contributed by atoms with Gasteiger partial charge in [-0.3, -0.25) is 0 Å². The van der Waals surface area contributed by atoms with E-state index in [0.29, 0.717) is 39.2 Å². The van der Waals surface area contributed by atoms with E-state index in [4.69, 9.17) is 37.7 Å². The van der Waals surface area contributed by atoms with Gasteiger partial charge in [0, 0.05) is 25.0 Å². The molecule has 1 aliphatic heterocycles. The molecule has 0 bridgehead atoms. The van der Waals surface area contributed by atoms with Crippen molar-refractivity contribution in [2.45, 2.75) is 70.4 Å². The minimum absolute atomic E-state index is 0.0849. The Morgan fingerprint density at radius 3 is 2.39 bits per heavy atom. The summed E-state index contributed by atoms with van der Waals surface area (Å²) in [6.07, 6.45) is 2.12. The van der Waals surface area contributed by atoms with Crippen LogP contribution in [-0.4, -0.2) is 76.4 Å². The molecule has 1 atom stereocenters. The number of aromatic nitrogens is 2. The molecule has 4 rings (SSSR count). The summed E-state index contributed by atoms with van der Waals surface area (Å²) >= 11 is 14.7. The number of carbonyl (C=O) groups is 2. The second-order valence-electron chi connectivity index (χ2n) is 12.5. The molecule has 0 N–H and O–H groups in total. The van der Waals surface area contributed by atoms with Crippen LogP contribution in [0.15, 0.2) is 46.7 Å². The number of halogens is 2. The molecule has 1 saturated heterocycles. The van der Waals surface area contributed by atoms with Gasteiger partial charge in [0.15, 0.2) is 5.16 Å². The number of hydrogen-bond acceptors (Lipinski definition) is 10. The Bertz CT molecular complexity index is 1680. The van der Waals surface area contributed by atoms with Crippen LogP contribution < -0.4 is 9.91 Å². The SMILES string of the molecule is CSc1nc(Cl)c(/C=N/N(C(=O)OC(C)(C)C)c2cccc3cccc(Cl)c23)c(N2CCN(C(=O)OC(C)(C)C)C(CC#N)C2)n1. The number of hydrazone groups is 1. The lowest BCUT2D eigenvalue weighted by molar-refractivity contribution is 0.0144. The maximum atomic E-state index is 13.6. The second-order valence-corrected chi connectivity index (χ2v) is 14.1. The van der Waals surface area contributed by atoms with Crippen LogP contribution in [-0.2, 0) is 9.47 Å². The standard InChI is InChI=1S/C32H37Cl2N7O4S/c1-31(2,3)44-29(42)40-17-16-39(19-21(40)14-15-35)27-22(26(34)37-28(38-27)46-7)18-36-41(30(43)45-32(4,5)6)24-13-9-11-20-10-8-12-23(33)25(20)24/h8-13,18,21H,14,16-17,19H2,1-7H3/b36-18+. The molecule has 14 heteroatoms. The van der Waals surface area contributed by atoms with Crippen molar-refractivity contribution in [3.05, 3.63) is 52.1 Å². The van der Waals surface area contributed by atoms with Crippen molar-refractivity contribution in [3.63, 3.8) is 0 Å². The summed E-state index contributed by atoms with van der Waals surface area (Å²) in [5.74, 6) is 0.444. The smallest absolute Gasteiger partial charge is 0.435 e. The quantitative estimate of drug-likeness (QED) is 0.0841. The van der Waals surface area contributed by atoms with Crippen molar-refractivity contribution in [2.24, 2.45) is 5.10 Å². The lowest BCUT2D eigenvalue weighted by Crippen LogP contribution is -2.56. The monoisotopic (exact) mass is 685 g/mol. The summed E-state index contributed by atoms with van der Waals surface area (Å²) in [6.45, 7) is 11.6. The number of hydrogen-bond donors (Lipinski definition) is 0. The zero-order valence-corrected chi connectivity index (χ0v) is 29.2. The van der Waals surface area contributed by atoms with Gasteiger partial charge in [0.1, 0.15) is 22.2 Å². The van der Waals surface area contributed by atoms with E-state index in [0.717, 1.165) is 10.4 Å². The second kappa shape index (κ2) is 14.3. The van der Waals surface area contributed by atoms with Crippen LogP contribution in [0.1, 0.15) is 53.5 Å². The molecule has 2 amide bonds. The molecule has 0 saturated carbocycles. The van der Waals surface area contributed by atoms with Gasteiger partial charge in [-0.2, -0.15) is 15.4 Å². The molecule has 2 aromatic carbocycles. The largest absolute Gasteiger partial charge is 0.444 e. The molecule has 0 radical (unpaired) electrons. The van der Waals surface area contributed by atoms with E-state index in [1.165, 1.54) is 18.0 Å². The molecule has 1 aliphatic rings. The van der Waals surface area contributed by atoms with Gasteiger partial charge in [0.05, 0.1) is 41.0 Å². The zero-order chi connectivity index (χ0) is 33.8. The van der Waals surface area contributed by atoms with Gasteiger partial charge in [0.25, 0.3) is 0 Å². The summed E-state index contributed by atoms with van der Waals surface area (Å²) in [4.78, 5) is 39.3. The number of nitrogens with zero attached hydrogens (tertiary/aromatic N) is 7. The Hall–Kier alpha value is -3.79. The molecule has 244 valence electrons. The van der Waals surface area contributed by atoms with Crippen molar-refractivity contribution >= 4 is 75.6 Å². The average molecular weight is 687 g/mol. The highest BCUT2D eigenvalue weighted by Crippen LogP contribution is 2.35. The fourth-order valence-electron chi connectivity index (χ4n) is 4.83. The Labute approximate surface area is 283 Å². The summed E-state index contributed by atoms with van der Waals surface area (Å²) in [7, 11) is 0. The number of benzene rings is 2. The van der Waals surface area contributed by atoms with E-state index in [1.807, 2.05) is 29.4 Å². The third-order valence-corrected chi connectivity index (χ3v) is 7.86. The molecular formula is C32H37Cl2N7O4S. The number of nitriles is 1. The van der Waals surface area contributed by atoms with Gasteiger partial charge in [-0.1, -0.05) is 59.2 Å². The Morgan fingerprint density at radius 1 is 1.09 bits per heavy atom. The fraction of sp³-hybridized carbons (Fsp3) is 0.438. The van der Waals surface area contributed by atoms with Crippen LogP contribution in [0.5, 0.6) is 0 Å². The number of thioether (sulfide) groups is 1. The first-order valence-electron chi connectivity index (χ1n) is 14.6. The molecule has 3 aromatic rings. The van der Waals surface area contributed by atoms with Crippen molar-refractivity contribution in [1.29, 1.82) is 5.26 Å². The Kier molecular flexibility index (Phi) is 10.9. The van der Waals surface area contributed by atoms with Crippen molar-refractivity contribution in [1.82, 2.24) is 14.9 Å². The number of rotatable bonds is 6. The first-order chi connectivity index (χ1) is 21.6. The summed E-state index contributed by atoms with van der Waals surface area (Å²) in [6, 6.07) is 12.6. The normalized spacial score (nSPS) is 15.6. The first kappa shape index (κ1) is 35.1. The number of carbonyl (C=O) groups excluding carboxylic acids is 2. The maximum Gasteiger partial charge on any atom is 0.435 e. The van der Waals surface area contributed by atoms with Crippen LogP contribution in [0.25, 0.3) is 10.8 Å². The molecule has 2 heterocycles. The highest BCUT2D eigenvalue weighted by Gasteiger charge is 2.35. The van der Waals surface area contributed by atoms with Crippen LogP contribution in [0.2, 0.25) is 10.2 Å². The minimum Gasteiger partial charge on any atom is -0.444 e. The molecular weight excluding hydrogens is 649 g/mol. The summed E-state index contributed by atoms with van der Waals surface area (Å²) in [5, 5.41) is 17.7. The summed E-state index contributed by atoms with van der Waals surface area (Å²) in [5.41, 5.74) is -0.736. The Balaban J connectivity index is 1.78. The molecule has 1 fully saturated rings. The van der Waals surface area contributed by atoms with Crippen molar-refractivity contribution in [3.8, 4) is 6.07 Å². The van der Waals surface area contributed by atoms with Crippen LogP contribution in [0, 0.1) is 11.3 Å². The van der Waals surface area contributed by atoms with Gasteiger partial charge in [0.2, 0.25) is 0 Å². The predicted octanol–water partition coefficient (Wildman–Crippen LogP) is 7.77. The lowest BCUT2D eigenvalue weighted by atomic mass is 10.1. The van der Waals surface area contributed by atoms with Crippen LogP contribution >= 0.6 is 35.0 Å². The van der Waals surface area contributed by atoms with E-state index in [1.54, 1.807) is 64.6 Å². The molecule has 0 spiro atoms. The zero-order valence-electron chi connectivity index (χ0n) is 26.9. The van der Waals surface area contributed by atoms with E-state index in [2.05, 4.69) is 16.2 Å². The van der Waals surface area contributed by atoms with Crippen molar-refractivity contribution < 1.29 is 19.1 Å². The van der Waals surface area contributed by atoms with E-state index < -0.39 is 29.4 Å². The molecule has 1 aromatic heterocycles. The number of fused-ring (bicyclic) bond motifs is 1. The van der Waals surface area contributed by atoms with Gasteiger partial charge < -0.3 is 19.3 Å². The topological polar surface area (TPSA) is 124 Å². The predicted molar refractivity (Wildman–Crippen MR) is 183 cm³/mol. The number of anilines is 2. The number of ether oxygens (including phenoxy) is 2. The number of amides is 2. The Morgan fingerprint density at radius 2 is 1.76 bits per heavy atom. The fourth-order valence-corrected chi connectivity index (χ4v) is 5.73. The van der Waals surface area contributed by atoms with Gasteiger partial charge >= 0.3 is 12.2 Å². The number of piperazine rings is 1. The molecule has 1 unspecified atom stereocenters. The highest BCUT2D eigenvalue weighted by atomic mass is 35.5. The van der Waals surface area contributed by atoms with Gasteiger partial charge in [-0.05, 0) is 65.3 Å². The maximum absolute atomic E-state index is 13.6. The molecule has 46 heavy (non-hydrogen) atoms. The van der Waals surface area contributed by atoms with E-state index in [9.17, 15) is 14.9 Å². The summed E-state index contributed by atoms with van der Waals surface area (Å²) < 4.78 is 11.3. The lowest BCUT2D eigenvalue weighted by Gasteiger charge is -2.41. The third kappa shape index (κ3) is 8.51. The van der Waals surface area contributed by atoms with Crippen LogP contribution in [0.3, 0.4) is 0 Å². The van der Waals surface area contributed by atoms with Gasteiger partial charge in [-0.15, -0.1) is 0 Å². The molecule has 11 nitrogen and oxygen atoms in total. The van der Waals surface area contributed by atoms with Gasteiger partial charge in [-0.25, -0.2) is 19.6 Å². The first-order valence-corrected chi connectivity index (χ1v) is 16.6. The van der Waals surface area contributed by atoms with E-state index in [-0.39, 0.29) is 24.7 Å². The highest BCUT2D eigenvalue weighted by molar-refractivity contribution is 7.98. The van der Waals surface area contributed by atoms with E-state index >= 15 is 0 Å². The van der Waals surface area contributed by atoms with Crippen molar-refractivity contribution in [2.75, 3.05) is 35.8 Å². The molecule has 0 aliphatic carbocycles. The minimum atomic E-state index is -0.811. The third-order valence-electron chi connectivity index (χ3n) is 6.71. The van der Waals surface area contributed by atoms with Crippen LogP contribution in [0.4, 0.5) is 21.1 Å².